The molecular weight excluding hydrogens is 220 g/mol. The van der Waals surface area contributed by atoms with Crippen molar-refractivity contribution in [3.63, 3.8) is 0 Å². The molecule has 90 valence electrons. The van der Waals surface area contributed by atoms with Gasteiger partial charge in [0.2, 0.25) is 5.91 Å². The van der Waals surface area contributed by atoms with Crippen molar-refractivity contribution >= 4 is 17.6 Å². The topological polar surface area (TPSA) is 78.4 Å². The maximum absolute atomic E-state index is 11.5. The maximum atomic E-state index is 11.5. The molecular formula is C12H14N2O3. The third kappa shape index (κ3) is 2.55. The van der Waals surface area contributed by atoms with E-state index in [-0.39, 0.29) is 12.3 Å². The number of carboxylic acid groups (broad SMARTS) is 1. The van der Waals surface area contributed by atoms with Crippen molar-refractivity contribution in [3.8, 4) is 0 Å². The summed E-state index contributed by atoms with van der Waals surface area (Å²) in [6, 6.07) is 6.35. The Morgan fingerprint density at radius 3 is 2.59 bits per heavy atom. The molecule has 5 heteroatoms. The molecule has 2 rings (SSSR count). The Labute approximate surface area is 98.8 Å². The van der Waals surface area contributed by atoms with Gasteiger partial charge in [0, 0.05) is 12.1 Å². The highest BCUT2D eigenvalue weighted by molar-refractivity contribution is 5.92. The summed E-state index contributed by atoms with van der Waals surface area (Å²) >= 11 is 0. The Morgan fingerprint density at radius 2 is 2.06 bits per heavy atom. The highest BCUT2D eigenvalue weighted by Gasteiger charge is 2.35. The van der Waals surface area contributed by atoms with E-state index in [2.05, 4.69) is 10.6 Å². The molecule has 3 N–H and O–H groups in total. The van der Waals surface area contributed by atoms with Gasteiger partial charge in [0.25, 0.3) is 0 Å². The van der Waals surface area contributed by atoms with Crippen LogP contribution in [-0.4, -0.2) is 29.1 Å². The maximum Gasteiger partial charge on any atom is 0.326 e. The molecule has 0 radical (unpaired) electrons. The van der Waals surface area contributed by atoms with Crippen molar-refractivity contribution in [2.24, 2.45) is 0 Å². The average Bonchev–Trinajstić information content (AvgIpc) is 2.64. The van der Waals surface area contributed by atoms with E-state index in [9.17, 15) is 9.59 Å². The molecule has 17 heavy (non-hydrogen) atoms. The molecule has 0 saturated carbocycles. The van der Waals surface area contributed by atoms with E-state index < -0.39 is 18.1 Å². The van der Waals surface area contributed by atoms with Gasteiger partial charge in [-0.2, -0.15) is 0 Å². The predicted molar refractivity (Wildman–Crippen MR) is 62.8 cm³/mol. The zero-order valence-corrected chi connectivity index (χ0v) is 9.43. The molecule has 0 aromatic heterocycles. The summed E-state index contributed by atoms with van der Waals surface area (Å²) in [5.74, 6) is -1.26. The van der Waals surface area contributed by atoms with Crippen LogP contribution >= 0.6 is 0 Å². The second kappa shape index (κ2) is 4.45. The first-order valence-corrected chi connectivity index (χ1v) is 5.42. The molecule has 1 aromatic rings. The van der Waals surface area contributed by atoms with E-state index in [4.69, 9.17) is 5.11 Å². The summed E-state index contributed by atoms with van der Waals surface area (Å²) in [5, 5.41) is 14.3. The molecule has 1 heterocycles. The minimum absolute atomic E-state index is 0.266. The first-order valence-electron chi connectivity index (χ1n) is 5.42. The van der Waals surface area contributed by atoms with Gasteiger partial charge in [-0.1, -0.05) is 17.7 Å². The normalized spacial score (nSPS) is 23.2. The third-order valence-corrected chi connectivity index (χ3v) is 2.79. The average molecular weight is 234 g/mol. The summed E-state index contributed by atoms with van der Waals surface area (Å²) in [7, 11) is 0. The minimum atomic E-state index is -0.994. The van der Waals surface area contributed by atoms with E-state index in [1.165, 1.54) is 0 Å². The lowest BCUT2D eigenvalue weighted by atomic mass is 10.1. The smallest absolute Gasteiger partial charge is 0.326 e. The molecule has 5 nitrogen and oxygen atoms in total. The minimum Gasteiger partial charge on any atom is -0.480 e. The first kappa shape index (κ1) is 11.4. The lowest BCUT2D eigenvalue weighted by Gasteiger charge is -2.11. The van der Waals surface area contributed by atoms with Crippen LogP contribution < -0.4 is 10.6 Å². The molecule has 0 aliphatic carbocycles. The summed E-state index contributed by atoms with van der Waals surface area (Å²) in [6.07, 6.45) is 0.266. The number of carbonyl (C=O) groups excluding carboxylic acids is 1. The van der Waals surface area contributed by atoms with Crippen molar-refractivity contribution < 1.29 is 14.7 Å². The van der Waals surface area contributed by atoms with Gasteiger partial charge in [0.1, 0.15) is 12.1 Å². The van der Waals surface area contributed by atoms with Crippen LogP contribution in [0.4, 0.5) is 5.69 Å². The molecule has 1 fully saturated rings. The number of anilines is 1. The van der Waals surface area contributed by atoms with Crippen molar-refractivity contribution in [2.75, 3.05) is 5.32 Å². The molecule has 1 amide bonds. The van der Waals surface area contributed by atoms with E-state index in [0.29, 0.717) is 0 Å². The number of rotatable bonds is 3. The SMILES string of the molecule is Cc1ccc(N[C@H]2C[C@@H](C(=O)O)NC2=O)cc1. The van der Waals surface area contributed by atoms with Gasteiger partial charge < -0.3 is 15.7 Å². The van der Waals surface area contributed by atoms with E-state index in [1.807, 2.05) is 31.2 Å². The Hall–Kier alpha value is -2.04. The highest BCUT2D eigenvalue weighted by Crippen LogP contribution is 2.16. The fourth-order valence-corrected chi connectivity index (χ4v) is 1.81. The number of benzene rings is 1. The Balaban J connectivity index is 2.02. The number of aliphatic carboxylic acids is 1. The van der Waals surface area contributed by atoms with Crippen LogP contribution in [0.5, 0.6) is 0 Å². The fourth-order valence-electron chi connectivity index (χ4n) is 1.81. The van der Waals surface area contributed by atoms with Crippen molar-refractivity contribution in [2.45, 2.75) is 25.4 Å². The molecule has 2 atom stereocenters. The lowest BCUT2D eigenvalue weighted by molar-refractivity contribution is -0.140. The number of nitrogens with one attached hydrogen (secondary N) is 2. The van der Waals surface area contributed by atoms with Crippen LogP contribution in [0.25, 0.3) is 0 Å². The summed E-state index contributed by atoms with van der Waals surface area (Å²) in [5.41, 5.74) is 1.96. The van der Waals surface area contributed by atoms with Gasteiger partial charge in [-0.15, -0.1) is 0 Å². The standard InChI is InChI=1S/C12H14N2O3/c1-7-2-4-8(5-3-7)13-9-6-10(12(16)17)14-11(9)15/h2-5,9-10,13H,6H2,1H3,(H,14,15)(H,16,17)/t9-,10-/m0/s1. The summed E-state index contributed by atoms with van der Waals surface area (Å²) in [6.45, 7) is 1.98. The fraction of sp³-hybridized carbons (Fsp3) is 0.333. The van der Waals surface area contributed by atoms with Crippen LogP contribution in [-0.2, 0) is 9.59 Å². The largest absolute Gasteiger partial charge is 0.480 e. The molecule has 0 unspecified atom stereocenters. The monoisotopic (exact) mass is 234 g/mol. The van der Waals surface area contributed by atoms with Gasteiger partial charge in [-0.05, 0) is 19.1 Å². The van der Waals surface area contributed by atoms with E-state index in [0.717, 1.165) is 11.3 Å². The molecule has 1 aliphatic heterocycles. The third-order valence-electron chi connectivity index (χ3n) is 2.79. The number of aryl methyl sites for hydroxylation is 1. The van der Waals surface area contributed by atoms with Gasteiger partial charge >= 0.3 is 5.97 Å². The van der Waals surface area contributed by atoms with Crippen LogP contribution in [0.2, 0.25) is 0 Å². The molecule has 1 aliphatic rings. The summed E-state index contributed by atoms with van der Waals surface area (Å²) < 4.78 is 0. The number of hydrogen-bond donors (Lipinski definition) is 3. The zero-order chi connectivity index (χ0) is 12.4. The quantitative estimate of drug-likeness (QED) is 0.721. The highest BCUT2D eigenvalue weighted by atomic mass is 16.4. The van der Waals surface area contributed by atoms with Gasteiger partial charge in [-0.3, -0.25) is 4.79 Å². The first-order chi connectivity index (χ1) is 8.06. The van der Waals surface area contributed by atoms with Crippen LogP contribution in [0.1, 0.15) is 12.0 Å². The number of carbonyl (C=O) groups is 2. The second-order valence-electron chi connectivity index (χ2n) is 4.20. The van der Waals surface area contributed by atoms with Crippen molar-refractivity contribution in [1.82, 2.24) is 5.32 Å². The Bertz CT molecular complexity index is 442. The molecule has 0 bridgehead atoms. The number of amides is 1. The van der Waals surface area contributed by atoms with Crippen molar-refractivity contribution in [1.29, 1.82) is 0 Å². The van der Waals surface area contributed by atoms with Gasteiger partial charge in [0.15, 0.2) is 0 Å². The predicted octanol–water partition coefficient (Wildman–Crippen LogP) is 0.749. The lowest BCUT2D eigenvalue weighted by Crippen LogP contribution is -2.34. The zero-order valence-electron chi connectivity index (χ0n) is 9.43. The van der Waals surface area contributed by atoms with Crippen molar-refractivity contribution in [3.05, 3.63) is 29.8 Å². The van der Waals surface area contributed by atoms with Gasteiger partial charge in [-0.25, -0.2) is 4.79 Å². The second-order valence-corrected chi connectivity index (χ2v) is 4.20. The molecule has 1 saturated heterocycles. The van der Waals surface area contributed by atoms with Gasteiger partial charge in [0.05, 0.1) is 0 Å². The Morgan fingerprint density at radius 1 is 1.41 bits per heavy atom. The van der Waals surface area contributed by atoms with E-state index >= 15 is 0 Å². The van der Waals surface area contributed by atoms with Crippen LogP contribution in [0.15, 0.2) is 24.3 Å². The van der Waals surface area contributed by atoms with Crippen LogP contribution in [0.3, 0.4) is 0 Å². The van der Waals surface area contributed by atoms with Crippen LogP contribution in [0, 0.1) is 6.92 Å². The number of carboxylic acids is 1. The number of hydrogen-bond acceptors (Lipinski definition) is 3. The molecule has 0 spiro atoms. The molecule has 1 aromatic carbocycles. The Kier molecular flexibility index (Phi) is 2.99. The summed E-state index contributed by atoms with van der Waals surface area (Å²) in [4.78, 5) is 22.3. The van der Waals surface area contributed by atoms with E-state index in [1.54, 1.807) is 0 Å².